The normalized spacial score (nSPS) is 12.2. The van der Waals surface area contributed by atoms with E-state index in [1.54, 1.807) is 18.2 Å². The van der Waals surface area contributed by atoms with E-state index in [2.05, 4.69) is 4.98 Å². The molecule has 0 saturated heterocycles. The summed E-state index contributed by atoms with van der Waals surface area (Å²) in [5, 5.41) is 11.2. The fourth-order valence-corrected chi connectivity index (χ4v) is 2.52. The van der Waals surface area contributed by atoms with E-state index >= 15 is 0 Å². The number of halogens is 4. The highest BCUT2D eigenvalue weighted by Crippen LogP contribution is 2.34. The first kappa shape index (κ1) is 14.1. The summed E-state index contributed by atoms with van der Waals surface area (Å²) in [6, 6.07) is 8.23. The molecule has 0 atom stereocenters. The highest BCUT2D eigenvalue weighted by Gasteiger charge is 2.30. The van der Waals surface area contributed by atoms with Crippen molar-refractivity contribution in [2.45, 2.75) is 12.8 Å². The van der Waals surface area contributed by atoms with Crippen LogP contribution in [-0.4, -0.2) is 10.1 Å². The average Bonchev–Trinajstić information content (AvgIpc) is 2.42. The first-order chi connectivity index (χ1) is 9.90. The number of aliphatic hydroxyl groups is 1. The lowest BCUT2D eigenvalue weighted by Gasteiger charge is -2.11. The monoisotopic (exact) mass is 311 g/mol. The zero-order chi connectivity index (χ0) is 15.2. The molecule has 0 fully saturated rings. The Morgan fingerprint density at radius 2 is 1.62 bits per heavy atom. The Balaban J connectivity index is 2.40. The third kappa shape index (κ3) is 2.43. The van der Waals surface area contributed by atoms with E-state index in [0.29, 0.717) is 26.9 Å². The van der Waals surface area contributed by atoms with Gasteiger partial charge in [-0.05, 0) is 29.8 Å². The van der Waals surface area contributed by atoms with E-state index in [1.165, 1.54) is 6.07 Å². The van der Waals surface area contributed by atoms with E-state index in [9.17, 15) is 18.3 Å². The minimum Gasteiger partial charge on any atom is -0.392 e. The number of rotatable bonds is 1. The highest BCUT2D eigenvalue weighted by atomic mass is 35.5. The van der Waals surface area contributed by atoms with Crippen molar-refractivity contribution in [2.24, 2.45) is 0 Å². The van der Waals surface area contributed by atoms with Crippen LogP contribution in [0.15, 0.2) is 36.4 Å². The topological polar surface area (TPSA) is 33.1 Å². The van der Waals surface area contributed by atoms with Crippen LogP contribution in [0.3, 0.4) is 0 Å². The summed E-state index contributed by atoms with van der Waals surface area (Å²) in [5.41, 5.74) is 0.412. The van der Waals surface area contributed by atoms with E-state index in [-0.39, 0.29) is 12.1 Å². The molecule has 1 heterocycles. The Morgan fingerprint density at radius 1 is 1.00 bits per heavy atom. The predicted molar refractivity (Wildman–Crippen MR) is 75.2 cm³/mol. The number of pyridine rings is 1. The van der Waals surface area contributed by atoms with Gasteiger partial charge in [-0.1, -0.05) is 23.7 Å². The molecule has 2 nitrogen and oxygen atoms in total. The summed E-state index contributed by atoms with van der Waals surface area (Å²) in [5.74, 6) is 0. The number of benzene rings is 2. The third-order valence-electron chi connectivity index (χ3n) is 3.33. The van der Waals surface area contributed by atoms with Crippen molar-refractivity contribution in [3.8, 4) is 0 Å². The summed E-state index contributed by atoms with van der Waals surface area (Å²) in [4.78, 5) is 4.23. The zero-order valence-corrected chi connectivity index (χ0v) is 11.3. The lowest BCUT2D eigenvalue weighted by molar-refractivity contribution is -0.137. The van der Waals surface area contributed by atoms with Gasteiger partial charge in [-0.25, -0.2) is 4.98 Å². The van der Waals surface area contributed by atoms with Gasteiger partial charge >= 0.3 is 6.18 Å². The fourth-order valence-electron chi connectivity index (χ4n) is 2.35. The molecule has 0 aliphatic rings. The van der Waals surface area contributed by atoms with Gasteiger partial charge in [0.05, 0.1) is 23.2 Å². The Morgan fingerprint density at radius 3 is 2.24 bits per heavy atom. The Hall–Kier alpha value is -1.85. The molecule has 2 aromatic carbocycles. The number of nitrogens with zero attached hydrogens (tertiary/aromatic N) is 1. The second-order valence-corrected chi connectivity index (χ2v) is 5.08. The van der Waals surface area contributed by atoms with Gasteiger partial charge in [0, 0.05) is 15.8 Å². The lowest BCUT2D eigenvalue weighted by Crippen LogP contribution is -2.05. The Kier molecular flexibility index (Phi) is 3.26. The minimum atomic E-state index is -4.43. The number of hydrogen-bond acceptors (Lipinski definition) is 2. The van der Waals surface area contributed by atoms with Crippen LogP contribution in [0, 0.1) is 0 Å². The van der Waals surface area contributed by atoms with Gasteiger partial charge in [0.1, 0.15) is 0 Å². The number of aliphatic hydroxyl groups excluding tert-OH is 1. The molecule has 1 N–H and O–H groups in total. The van der Waals surface area contributed by atoms with Crippen LogP contribution in [0.1, 0.15) is 11.1 Å². The third-order valence-corrected chi connectivity index (χ3v) is 3.57. The van der Waals surface area contributed by atoms with E-state index in [1.807, 2.05) is 0 Å². The van der Waals surface area contributed by atoms with Crippen molar-refractivity contribution >= 4 is 33.4 Å². The molecule has 0 amide bonds. The maximum absolute atomic E-state index is 12.8. The molecule has 1 aromatic heterocycles. The molecule has 108 valence electrons. The Labute approximate surface area is 122 Å². The van der Waals surface area contributed by atoms with Gasteiger partial charge < -0.3 is 5.11 Å². The SMILES string of the molecule is OCc1c2ccc(Cl)cc2nc2cc(C(F)(F)F)ccc12. The molecule has 0 aliphatic heterocycles. The molecule has 0 spiro atoms. The van der Waals surface area contributed by atoms with E-state index < -0.39 is 11.7 Å². The molecule has 0 saturated carbocycles. The standard InChI is InChI=1S/C15H9ClF3NO/c16-9-2-4-11-12(7-21)10-3-1-8(15(17,18)19)5-13(10)20-14(11)6-9/h1-6,21H,7H2. The molecule has 6 heteroatoms. The predicted octanol–water partition coefficient (Wildman–Crippen LogP) is 4.55. The van der Waals surface area contributed by atoms with Gasteiger partial charge in [0.2, 0.25) is 0 Å². The molecule has 0 radical (unpaired) electrons. The summed E-state index contributed by atoms with van der Waals surface area (Å²) in [7, 11) is 0. The molecule has 21 heavy (non-hydrogen) atoms. The van der Waals surface area contributed by atoms with Crippen molar-refractivity contribution < 1.29 is 18.3 Å². The summed E-state index contributed by atoms with van der Waals surface area (Å²) in [6.45, 7) is -0.289. The fraction of sp³-hybridized carbons (Fsp3) is 0.133. The molecule has 3 aromatic rings. The number of hydrogen-bond donors (Lipinski definition) is 1. The van der Waals surface area contributed by atoms with Crippen molar-refractivity contribution in [3.63, 3.8) is 0 Å². The van der Waals surface area contributed by atoms with Crippen LogP contribution in [0.2, 0.25) is 5.02 Å². The second-order valence-electron chi connectivity index (χ2n) is 4.64. The zero-order valence-electron chi connectivity index (χ0n) is 10.6. The maximum Gasteiger partial charge on any atom is 0.416 e. The molecule has 3 rings (SSSR count). The van der Waals surface area contributed by atoms with Gasteiger partial charge in [-0.3, -0.25) is 0 Å². The van der Waals surface area contributed by atoms with Crippen LogP contribution in [0.25, 0.3) is 21.8 Å². The second kappa shape index (κ2) is 4.86. The summed E-state index contributed by atoms with van der Waals surface area (Å²) in [6.07, 6.45) is -4.43. The van der Waals surface area contributed by atoms with Crippen molar-refractivity contribution in [2.75, 3.05) is 0 Å². The summed E-state index contributed by atoms with van der Waals surface area (Å²) >= 11 is 5.89. The highest BCUT2D eigenvalue weighted by molar-refractivity contribution is 6.31. The molecule has 0 bridgehead atoms. The van der Waals surface area contributed by atoms with Crippen molar-refractivity contribution in [1.29, 1.82) is 0 Å². The first-order valence-corrected chi connectivity index (χ1v) is 6.48. The van der Waals surface area contributed by atoms with E-state index in [4.69, 9.17) is 11.6 Å². The van der Waals surface area contributed by atoms with Crippen molar-refractivity contribution in [3.05, 3.63) is 52.5 Å². The Bertz CT molecular complexity index is 846. The quantitative estimate of drug-likeness (QED) is 0.669. The average molecular weight is 312 g/mol. The smallest absolute Gasteiger partial charge is 0.392 e. The van der Waals surface area contributed by atoms with Gasteiger partial charge in [-0.15, -0.1) is 0 Å². The maximum atomic E-state index is 12.8. The lowest BCUT2D eigenvalue weighted by atomic mass is 10.0. The molecule has 0 aliphatic carbocycles. The molecular weight excluding hydrogens is 303 g/mol. The van der Waals surface area contributed by atoms with Crippen LogP contribution in [0.5, 0.6) is 0 Å². The van der Waals surface area contributed by atoms with Crippen LogP contribution >= 0.6 is 11.6 Å². The number of aromatic nitrogens is 1. The number of alkyl halides is 3. The number of fused-ring (bicyclic) bond motifs is 2. The molecular formula is C15H9ClF3NO. The molecule has 0 unspecified atom stereocenters. The minimum absolute atomic E-state index is 0.184. The van der Waals surface area contributed by atoms with Gasteiger partial charge in [-0.2, -0.15) is 13.2 Å². The first-order valence-electron chi connectivity index (χ1n) is 6.10. The largest absolute Gasteiger partial charge is 0.416 e. The van der Waals surface area contributed by atoms with Crippen LogP contribution in [0.4, 0.5) is 13.2 Å². The van der Waals surface area contributed by atoms with Crippen molar-refractivity contribution in [1.82, 2.24) is 4.98 Å². The van der Waals surface area contributed by atoms with Crippen LogP contribution < -0.4 is 0 Å². The van der Waals surface area contributed by atoms with Crippen LogP contribution in [-0.2, 0) is 12.8 Å². The van der Waals surface area contributed by atoms with Gasteiger partial charge in [0.25, 0.3) is 0 Å². The summed E-state index contributed by atoms with van der Waals surface area (Å²) < 4.78 is 38.3. The van der Waals surface area contributed by atoms with E-state index in [0.717, 1.165) is 12.1 Å². The van der Waals surface area contributed by atoms with Gasteiger partial charge in [0.15, 0.2) is 0 Å².